The lowest BCUT2D eigenvalue weighted by Crippen LogP contribution is -2.48. The number of nitrogens with zero attached hydrogens (tertiary/aromatic N) is 3. The van der Waals surface area contributed by atoms with E-state index in [1.807, 2.05) is 18.0 Å². The minimum absolute atomic E-state index is 0.00886. The maximum absolute atomic E-state index is 7.07. The number of hydrogen-bond donors (Lipinski definition) is 0. The molecule has 0 N–H and O–H groups in total. The maximum atomic E-state index is 7.07. The molecule has 4 nitrogen and oxygen atoms in total. The molecule has 294 valence electrons. The second kappa shape index (κ2) is 11.6. The van der Waals surface area contributed by atoms with Gasteiger partial charge >= 0.3 is 0 Å². The van der Waals surface area contributed by atoms with Crippen molar-refractivity contribution in [2.24, 2.45) is 4.99 Å². The molecular weight excluding hydrogens is 715 g/mol. The van der Waals surface area contributed by atoms with Crippen LogP contribution in [0.4, 0.5) is 0 Å². The van der Waals surface area contributed by atoms with E-state index in [0.717, 1.165) is 50.1 Å². The van der Waals surface area contributed by atoms with Gasteiger partial charge in [0, 0.05) is 39.4 Å². The number of fused-ring (bicyclic) bond motifs is 8. The Morgan fingerprint density at radius 2 is 1.37 bits per heavy atom. The average Bonchev–Trinajstić information content (AvgIpc) is 3.63. The summed E-state index contributed by atoms with van der Waals surface area (Å²) in [5.41, 5.74) is 16.8. The zero-order chi connectivity index (χ0) is 41.2. The van der Waals surface area contributed by atoms with Crippen molar-refractivity contribution in [3.63, 3.8) is 0 Å². The van der Waals surface area contributed by atoms with Crippen molar-refractivity contribution in [3.8, 4) is 17.2 Å². The number of hydrogen-bond acceptors (Lipinski definition) is 4. The summed E-state index contributed by atoms with van der Waals surface area (Å²) in [6, 6.07) is 23.2. The predicted octanol–water partition coefficient (Wildman–Crippen LogP) is 13.9. The van der Waals surface area contributed by atoms with Crippen molar-refractivity contribution in [1.82, 2.24) is 9.55 Å². The van der Waals surface area contributed by atoms with Crippen LogP contribution in [0.3, 0.4) is 0 Å². The molecule has 0 saturated carbocycles. The fourth-order valence-electron chi connectivity index (χ4n) is 10.4. The predicted molar refractivity (Wildman–Crippen MR) is 243 cm³/mol. The molecule has 0 saturated heterocycles. The van der Waals surface area contributed by atoms with Crippen molar-refractivity contribution in [3.05, 3.63) is 128 Å². The van der Waals surface area contributed by atoms with E-state index < -0.39 is 0 Å². The number of thioether (sulfide) groups is 1. The molecule has 0 fully saturated rings. The average molecular weight is 774 g/mol. The minimum atomic E-state index is -0.354. The van der Waals surface area contributed by atoms with Crippen LogP contribution in [0.1, 0.15) is 144 Å². The highest BCUT2D eigenvalue weighted by atomic mass is 32.2. The summed E-state index contributed by atoms with van der Waals surface area (Å²) in [4.78, 5) is 10.8. The number of aliphatic imine (C=N–C) groups is 1. The first-order valence-electron chi connectivity index (χ1n) is 20.7. The second-order valence-corrected chi connectivity index (χ2v) is 22.3. The third-order valence-electron chi connectivity index (χ3n) is 14.3. The van der Waals surface area contributed by atoms with E-state index in [-0.39, 0.29) is 31.9 Å². The van der Waals surface area contributed by atoms with E-state index in [1.54, 1.807) is 0 Å². The van der Waals surface area contributed by atoms with Gasteiger partial charge in [-0.15, -0.1) is 0 Å². The van der Waals surface area contributed by atoms with Crippen LogP contribution in [0.5, 0.6) is 11.5 Å². The van der Waals surface area contributed by atoms with Gasteiger partial charge in [-0.05, 0) is 126 Å². The second-order valence-electron chi connectivity index (χ2n) is 20.9. The molecule has 0 radical (unpaired) electrons. The van der Waals surface area contributed by atoms with Gasteiger partial charge in [-0.1, -0.05) is 117 Å². The summed E-state index contributed by atoms with van der Waals surface area (Å²) in [6.07, 6.45) is 1.98. The molecule has 9 rings (SSSR count). The van der Waals surface area contributed by atoms with Crippen LogP contribution in [0, 0.1) is 27.7 Å². The van der Waals surface area contributed by atoms with Gasteiger partial charge < -0.3 is 4.74 Å². The first-order chi connectivity index (χ1) is 26.4. The van der Waals surface area contributed by atoms with Crippen LogP contribution >= 0.6 is 11.8 Å². The van der Waals surface area contributed by atoms with Crippen LogP contribution in [0.15, 0.2) is 71.9 Å². The molecule has 2 atom stereocenters. The molecule has 2 aromatic heterocycles. The lowest BCUT2D eigenvalue weighted by Gasteiger charge is -2.41. The van der Waals surface area contributed by atoms with Gasteiger partial charge in [0.2, 0.25) is 0 Å². The fraction of sp³-hybridized carbons (Fsp3) is 0.423. The van der Waals surface area contributed by atoms with E-state index in [2.05, 4.69) is 176 Å². The lowest BCUT2D eigenvalue weighted by atomic mass is 9.67. The summed E-state index contributed by atoms with van der Waals surface area (Å²) in [5.74, 6) is 1.73. The number of aromatic nitrogens is 2. The number of aryl methyl sites for hydroxylation is 4. The van der Waals surface area contributed by atoms with Gasteiger partial charge in [0.05, 0.1) is 26.5 Å². The van der Waals surface area contributed by atoms with E-state index in [1.165, 1.54) is 55.2 Å². The molecule has 0 unspecified atom stereocenters. The number of rotatable bonds is 3. The highest BCUT2D eigenvalue weighted by Gasteiger charge is 2.67. The Balaban J connectivity index is 1.16. The normalized spacial score (nSPS) is 21.8. The Morgan fingerprint density at radius 1 is 0.684 bits per heavy atom. The van der Waals surface area contributed by atoms with Crippen LogP contribution in [0.25, 0.3) is 27.6 Å². The smallest absolute Gasteiger partial charge is 0.145 e. The molecule has 6 aromatic rings. The van der Waals surface area contributed by atoms with Gasteiger partial charge in [-0.25, -0.2) is 4.98 Å². The van der Waals surface area contributed by atoms with Gasteiger partial charge in [0.1, 0.15) is 17.1 Å². The Hall–Kier alpha value is -4.35. The van der Waals surface area contributed by atoms with E-state index >= 15 is 0 Å². The van der Waals surface area contributed by atoms with E-state index in [0.29, 0.717) is 0 Å². The molecule has 4 heterocycles. The molecule has 0 spiro atoms. The van der Waals surface area contributed by atoms with E-state index in [4.69, 9.17) is 14.7 Å². The monoisotopic (exact) mass is 773 g/mol. The van der Waals surface area contributed by atoms with Gasteiger partial charge in [0.15, 0.2) is 0 Å². The van der Waals surface area contributed by atoms with E-state index in [9.17, 15) is 0 Å². The Labute approximate surface area is 344 Å². The molecule has 0 bridgehead atoms. The Bertz CT molecular complexity index is 2780. The Morgan fingerprint density at radius 3 is 2.05 bits per heavy atom. The van der Waals surface area contributed by atoms with Crippen molar-refractivity contribution in [1.29, 1.82) is 0 Å². The number of pyridine rings is 1. The fourth-order valence-corrected chi connectivity index (χ4v) is 12.2. The molecule has 57 heavy (non-hydrogen) atoms. The maximum Gasteiger partial charge on any atom is 0.145 e. The highest BCUT2D eigenvalue weighted by molar-refractivity contribution is 8.15. The molecule has 0 amide bonds. The molecule has 5 heteroatoms. The summed E-state index contributed by atoms with van der Waals surface area (Å²) in [5, 5.41) is 3.54. The Kier molecular flexibility index (Phi) is 7.80. The zero-order valence-electron chi connectivity index (χ0n) is 37.0. The van der Waals surface area contributed by atoms with Gasteiger partial charge in [-0.2, -0.15) is 0 Å². The zero-order valence-corrected chi connectivity index (χ0v) is 37.8. The summed E-state index contributed by atoms with van der Waals surface area (Å²) in [7, 11) is 0. The molecule has 1 aliphatic carbocycles. The van der Waals surface area contributed by atoms with Crippen molar-refractivity contribution in [2.45, 2.75) is 143 Å². The summed E-state index contributed by atoms with van der Waals surface area (Å²) in [6.45, 7) is 37.2. The largest absolute Gasteiger partial charge is 0.457 e. The van der Waals surface area contributed by atoms with Gasteiger partial charge in [0.25, 0.3) is 0 Å². The number of ether oxygens (including phenoxy) is 1. The summed E-state index contributed by atoms with van der Waals surface area (Å²) < 4.78 is 9.21. The first-order valence-corrected chi connectivity index (χ1v) is 21.6. The highest BCUT2D eigenvalue weighted by Crippen LogP contribution is 2.68. The minimum Gasteiger partial charge on any atom is -0.457 e. The van der Waals surface area contributed by atoms with Crippen molar-refractivity contribution < 1.29 is 4.74 Å². The van der Waals surface area contributed by atoms with Crippen LogP contribution in [0.2, 0.25) is 0 Å². The van der Waals surface area contributed by atoms with Crippen LogP contribution in [-0.4, -0.2) is 20.1 Å². The van der Waals surface area contributed by atoms with Gasteiger partial charge in [-0.3, -0.25) is 9.56 Å². The lowest BCUT2D eigenvalue weighted by molar-refractivity contribution is 0.262. The molecule has 4 aromatic carbocycles. The summed E-state index contributed by atoms with van der Waals surface area (Å²) >= 11 is 1.95. The van der Waals surface area contributed by atoms with Crippen molar-refractivity contribution >= 4 is 38.7 Å². The third kappa shape index (κ3) is 5.06. The number of para-hydroxylation sites is 1. The SMILES string of the molecule is Cc1cnc2c(c1)c1cccc3c1n2-c1cc(Oc2cc(C4=N[C@]5(C)C(C)(C)c6c(C(C)(C)C)cc(C(C)(C)C)cc6[C@]5(C)S4)c(C)cc2C)c(C)cc1C3(C)C. The van der Waals surface area contributed by atoms with Crippen molar-refractivity contribution in [2.75, 3.05) is 0 Å². The van der Waals surface area contributed by atoms with Crippen LogP contribution < -0.4 is 4.74 Å². The molecular formula is C52H59N3OS. The quantitative estimate of drug-likeness (QED) is 0.180. The standard InChI is InChI=1S/C52H59N3OS/c1-28-20-35-33-18-17-19-36-44(33)55(45(35)53-27-28)40-26-42(31(4)22-37(40)49(36,11)12)56-41-25-34(29(2)21-30(41)3)46-54-52(16)50(13,14)43-38(48(8,9)10)23-32(47(5,6)7)24-39(43)51(52,15)57-46/h17-27H,1-16H3/t51-,52+/m0/s1. The van der Waals surface area contributed by atoms with Crippen LogP contribution in [-0.2, 0) is 26.4 Å². The first kappa shape index (κ1) is 38.2. The third-order valence-corrected chi connectivity index (χ3v) is 15.9. The molecule has 3 aliphatic rings. The molecule has 2 aliphatic heterocycles. The topological polar surface area (TPSA) is 39.4 Å². The number of benzene rings is 4.